The lowest BCUT2D eigenvalue weighted by molar-refractivity contribution is 0.151. The molecule has 1 fully saturated rings. The lowest BCUT2D eigenvalue weighted by atomic mass is 9.95. The average molecular weight is 214 g/mol. The second-order valence-electron chi connectivity index (χ2n) is 5.70. The minimum absolute atomic E-state index is 0.00211. The van der Waals surface area contributed by atoms with Crippen molar-refractivity contribution in [1.29, 1.82) is 0 Å². The molecule has 0 aromatic carbocycles. The molecule has 0 aromatic rings. The van der Waals surface area contributed by atoms with E-state index in [1.807, 2.05) is 0 Å². The Bertz CT molecular complexity index is 190. The van der Waals surface area contributed by atoms with Crippen molar-refractivity contribution < 1.29 is 5.11 Å². The van der Waals surface area contributed by atoms with Crippen molar-refractivity contribution in [2.45, 2.75) is 45.7 Å². The lowest BCUT2D eigenvalue weighted by Gasteiger charge is -2.27. The zero-order valence-corrected chi connectivity index (χ0v) is 10.6. The molecule has 0 aromatic heterocycles. The highest BCUT2D eigenvalue weighted by Gasteiger charge is 2.29. The highest BCUT2D eigenvalue weighted by atomic mass is 16.3. The minimum atomic E-state index is -0.00211. The number of rotatable bonds is 7. The van der Waals surface area contributed by atoms with E-state index in [1.54, 1.807) is 0 Å². The van der Waals surface area contributed by atoms with Gasteiger partial charge < -0.3 is 10.4 Å². The number of nitrogens with one attached hydrogen (secondary N) is 1. The van der Waals surface area contributed by atoms with E-state index < -0.39 is 0 Å². The van der Waals surface area contributed by atoms with Gasteiger partial charge in [-0.1, -0.05) is 13.8 Å². The van der Waals surface area contributed by atoms with Crippen LogP contribution < -0.4 is 5.32 Å². The molecule has 3 nitrogen and oxygen atoms in total. The maximum Gasteiger partial charge on any atom is 0.0494 e. The molecule has 1 rings (SSSR count). The molecule has 0 radical (unpaired) electrons. The van der Waals surface area contributed by atoms with Gasteiger partial charge in [0.25, 0.3) is 0 Å². The first-order chi connectivity index (χ1) is 6.96. The summed E-state index contributed by atoms with van der Waals surface area (Å²) in [5, 5.41) is 12.6. The van der Waals surface area contributed by atoms with Crippen LogP contribution in [0.2, 0.25) is 0 Å². The molecule has 0 aliphatic heterocycles. The Balaban J connectivity index is 2.13. The van der Waals surface area contributed by atoms with Crippen LogP contribution in [0, 0.1) is 5.41 Å². The van der Waals surface area contributed by atoms with Gasteiger partial charge >= 0.3 is 0 Å². The van der Waals surface area contributed by atoms with Crippen molar-refractivity contribution in [1.82, 2.24) is 10.2 Å². The molecule has 0 bridgehead atoms. The average Bonchev–Trinajstić information content (AvgIpc) is 2.99. The SMILES string of the molecule is CC(CNCC(C)(C)CO)N(C)C1CC1. The predicted molar refractivity (Wildman–Crippen MR) is 64.0 cm³/mol. The van der Waals surface area contributed by atoms with Crippen molar-refractivity contribution in [2.24, 2.45) is 5.41 Å². The zero-order valence-electron chi connectivity index (χ0n) is 10.6. The second-order valence-corrected chi connectivity index (χ2v) is 5.70. The molecule has 3 heteroatoms. The van der Waals surface area contributed by atoms with Crippen molar-refractivity contribution in [3.8, 4) is 0 Å². The molecule has 2 N–H and O–H groups in total. The summed E-state index contributed by atoms with van der Waals surface area (Å²) >= 11 is 0. The first-order valence-electron chi connectivity index (χ1n) is 6.00. The van der Waals surface area contributed by atoms with Gasteiger partial charge in [0.15, 0.2) is 0 Å². The molecular formula is C12H26N2O. The molecule has 1 saturated carbocycles. The zero-order chi connectivity index (χ0) is 11.5. The van der Waals surface area contributed by atoms with Crippen molar-refractivity contribution in [3.63, 3.8) is 0 Å². The van der Waals surface area contributed by atoms with Crippen molar-refractivity contribution in [3.05, 3.63) is 0 Å². The monoisotopic (exact) mass is 214 g/mol. The molecular weight excluding hydrogens is 188 g/mol. The van der Waals surface area contributed by atoms with Crippen LogP contribution in [0.15, 0.2) is 0 Å². The third-order valence-corrected chi connectivity index (χ3v) is 3.29. The summed E-state index contributed by atoms with van der Waals surface area (Å²) in [6.45, 7) is 8.55. The molecule has 0 spiro atoms. The standard InChI is InChI=1S/C12H26N2O/c1-10(14(4)11-5-6-11)7-13-8-12(2,3)9-15/h10-11,13,15H,5-9H2,1-4H3. The number of likely N-dealkylation sites (N-methyl/N-ethyl adjacent to an activating group) is 1. The Labute approximate surface area is 93.9 Å². The molecule has 1 aliphatic rings. The van der Waals surface area contributed by atoms with E-state index >= 15 is 0 Å². The first-order valence-corrected chi connectivity index (χ1v) is 6.00. The number of nitrogens with zero attached hydrogens (tertiary/aromatic N) is 1. The summed E-state index contributed by atoms with van der Waals surface area (Å²) < 4.78 is 0. The highest BCUT2D eigenvalue weighted by Crippen LogP contribution is 2.26. The maximum atomic E-state index is 9.12. The molecule has 0 heterocycles. The fourth-order valence-electron chi connectivity index (χ4n) is 1.66. The lowest BCUT2D eigenvalue weighted by Crippen LogP contribution is -2.42. The Morgan fingerprint density at radius 1 is 1.47 bits per heavy atom. The Morgan fingerprint density at radius 3 is 2.53 bits per heavy atom. The largest absolute Gasteiger partial charge is 0.396 e. The molecule has 15 heavy (non-hydrogen) atoms. The van der Waals surface area contributed by atoms with Crippen LogP contribution in [0.1, 0.15) is 33.6 Å². The minimum Gasteiger partial charge on any atom is -0.396 e. The van der Waals surface area contributed by atoms with Crippen molar-refractivity contribution >= 4 is 0 Å². The van der Waals surface area contributed by atoms with Gasteiger partial charge in [-0.3, -0.25) is 4.90 Å². The first kappa shape index (κ1) is 12.9. The topological polar surface area (TPSA) is 35.5 Å². The van der Waals surface area contributed by atoms with Gasteiger partial charge in [0.05, 0.1) is 0 Å². The van der Waals surface area contributed by atoms with E-state index in [0.29, 0.717) is 6.04 Å². The third kappa shape index (κ3) is 4.49. The van der Waals surface area contributed by atoms with Gasteiger partial charge in [0.2, 0.25) is 0 Å². The molecule has 0 saturated heterocycles. The van der Waals surface area contributed by atoms with Crippen LogP contribution in [0.25, 0.3) is 0 Å². The van der Waals surface area contributed by atoms with E-state index in [0.717, 1.165) is 19.1 Å². The number of aliphatic hydroxyl groups excluding tert-OH is 1. The molecule has 1 atom stereocenters. The van der Waals surface area contributed by atoms with Crippen LogP contribution in [0.3, 0.4) is 0 Å². The summed E-state index contributed by atoms with van der Waals surface area (Å²) in [5.74, 6) is 0. The summed E-state index contributed by atoms with van der Waals surface area (Å²) in [7, 11) is 2.21. The van der Waals surface area contributed by atoms with Crippen molar-refractivity contribution in [2.75, 3.05) is 26.7 Å². The van der Waals surface area contributed by atoms with E-state index in [4.69, 9.17) is 5.11 Å². The molecule has 1 aliphatic carbocycles. The Kier molecular flexibility index (Phi) is 4.56. The van der Waals surface area contributed by atoms with E-state index in [9.17, 15) is 0 Å². The van der Waals surface area contributed by atoms with Crippen LogP contribution in [-0.2, 0) is 0 Å². The summed E-state index contributed by atoms with van der Waals surface area (Å²) in [6.07, 6.45) is 2.73. The van der Waals surface area contributed by atoms with Gasteiger partial charge in [0.1, 0.15) is 0 Å². The Hall–Kier alpha value is -0.120. The fraction of sp³-hybridized carbons (Fsp3) is 1.00. The van der Waals surface area contributed by atoms with Gasteiger partial charge in [-0.05, 0) is 26.8 Å². The van der Waals surface area contributed by atoms with Gasteiger partial charge in [-0.2, -0.15) is 0 Å². The van der Waals surface area contributed by atoms with Crippen LogP contribution in [-0.4, -0.2) is 48.8 Å². The predicted octanol–water partition coefficient (Wildman–Crippen LogP) is 1.08. The quantitative estimate of drug-likeness (QED) is 0.665. The van der Waals surface area contributed by atoms with Gasteiger partial charge in [0, 0.05) is 37.2 Å². The fourth-order valence-corrected chi connectivity index (χ4v) is 1.66. The summed E-state index contributed by atoms with van der Waals surface area (Å²) in [5.41, 5.74) is -0.00211. The van der Waals surface area contributed by atoms with Crippen LogP contribution in [0.4, 0.5) is 0 Å². The Morgan fingerprint density at radius 2 is 2.07 bits per heavy atom. The number of hydrogen-bond donors (Lipinski definition) is 2. The summed E-state index contributed by atoms with van der Waals surface area (Å²) in [6, 6.07) is 1.42. The molecule has 1 unspecified atom stereocenters. The van der Waals surface area contributed by atoms with Gasteiger partial charge in [-0.25, -0.2) is 0 Å². The van der Waals surface area contributed by atoms with E-state index in [1.165, 1.54) is 12.8 Å². The van der Waals surface area contributed by atoms with Crippen LogP contribution in [0.5, 0.6) is 0 Å². The van der Waals surface area contributed by atoms with E-state index in [-0.39, 0.29) is 12.0 Å². The number of aliphatic hydroxyl groups is 1. The highest BCUT2D eigenvalue weighted by molar-refractivity contribution is 4.86. The smallest absolute Gasteiger partial charge is 0.0494 e. The van der Waals surface area contributed by atoms with Gasteiger partial charge in [-0.15, -0.1) is 0 Å². The van der Waals surface area contributed by atoms with E-state index in [2.05, 4.69) is 38.0 Å². The second kappa shape index (κ2) is 5.28. The third-order valence-electron chi connectivity index (χ3n) is 3.29. The normalized spacial score (nSPS) is 19.6. The van der Waals surface area contributed by atoms with Crippen LogP contribution >= 0.6 is 0 Å². The summed E-state index contributed by atoms with van der Waals surface area (Å²) in [4.78, 5) is 2.46. The number of hydrogen-bond acceptors (Lipinski definition) is 3. The molecule has 90 valence electrons. The maximum absolute atomic E-state index is 9.12. The molecule has 0 amide bonds.